The summed E-state index contributed by atoms with van der Waals surface area (Å²) in [6, 6.07) is 19.2. The molecule has 0 aliphatic rings. The summed E-state index contributed by atoms with van der Waals surface area (Å²) >= 11 is 12.3. The molecular weight excluding hydrogens is 467 g/mol. The lowest BCUT2D eigenvalue weighted by Crippen LogP contribution is -2.18. The first-order valence-corrected chi connectivity index (χ1v) is 12.3. The lowest BCUT2D eigenvalue weighted by molar-refractivity contribution is -0.116. The van der Waals surface area contributed by atoms with Crippen molar-refractivity contribution in [3.05, 3.63) is 94.1 Å². The predicted molar refractivity (Wildman–Crippen MR) is 129 cm³/mol. The van der Waals surface area contributed by atoms with Gasteiger partial charge in [0.05, 0.1) is 10.6 Å². The van der Waals surface area contributed by atoms with Crippen molar-refractivity contribution in [2.24, 2.45) is 0 Å². The monoisotopic (exact) mass is 486 g/mol. The van der Waals surface area contributed by atoms with Crippen molar-refractivity contribution in [3.63, 3.8) is 0 Å². The number of para-hydroxylation sites is 1. The second-order valence-corrected chi connectivity index (χ2v) is 10.3. The number of rotatable bonds is 6. The van der Waals surface area contributed by atoms with Crippen molar-refractivity contribution in [1.82, 2.24) is 4.57 Å². The average Bonchev–Trinajstić information content (AvgIpc) is 3.12. The highest BCUT2D eigenvalue weighted by molar-refractivity contribution is 7.90. The van der Waals surface area contributed by atoms with Gasteiger partial charge in [0.25, 0.3) is 0 Å². The summed E-state index contributed by atoms with van der Waals surface area (Å²) in [5.41, 5.74) is 2.67. The van der Waals surface area contributed by atoms with E-state index in [4.69, 9.17) is 23.2 Å². The number of carbonyl (C=O) groups excluding carboxylic acids is 1. The third-order valence-electron chi connectivity index (χ3n) is 5.16. The molecule has 1 aromatic heterocycles. The molecule has 4 rings (SSSR count). The van der Waals surface area contributed by atoms with Gasteiger partial charge in [-0.05, 0) is 42.3 Å². The third-order valence-corrected chi connectivity index (χ3v) is 7.62. The number of anilines is 1. The van der Waals surface area contributed by atoms with E-state index in [0.717, 1.165) is 5.56 Å². The van der Waals surface area contributed by atoms with Gasteiger partial charge < -0.3 is 9.88 Å². The molecule has 0 radical (unpaired) electrons. The Kier molecular flexibility index (Phi) is 6.29. The molecule has 4 aromatic rings. The quantitative estimate of drug-likeness (QED) is 0.370. The summed E-state index contributed by atoms with van der Waals surface area (Å²) < 4.78 is 28.1. The topological polar surface area (TPSA) is 68.2 Å². The minimum Gasteiger partial charge on any atom is -0.337 e. The summed E-state index contributed by atoms with van der Waals surface area (Å²) in [6.07, 6.45) is 1.51. The number of carbonyl (C=O) groups is 1. The summed E-state index contributed by atoms with van der Waals surface area (Å²) in [4.78, 5) is 12.8. The molecule has 32 heavy (non-hydrogen) atoms. The first kappa shape index (κ1) is 22.4. The van der Waals surface area contributed by atoms with Crippen LogP contribution in [0.5, 0.6) is 0 Å². The average molecular weight is 487 g/mol. The number of nitrogens with zero attached hydrogens (tertiary/aromatic N) is 1. The zero-order chi connectivity index (χ0) is 22.9. The number of aryl methyl sites for hydroxylation is 1. The number of halogens is 2. The van der Waals surface area contributed by atoms with Crippen molar-refractivity contribution in [1.29, 1.82) is 0 Å². The molecule has 164 valence electrons. The maximum Gasteiger partial charge on any atom is 0.244 e. The lowest BCUT2D eigenvalue weighted by atomic mass is 10.2. The second kappa shape index (κ2) is 8.98. The second-order valence-electron chi connectivity index (χ2n) is 7.50. The number of benzene rings is 3. The van der Waals surface area contributed by atoms with Gasteiger partial charge in [0.1, 0.15) is 6.54 Å². The zero-order valence-corrected chi connectivity index (χ0v) is 19.5. The fourth-order valence-corrected chi connectivity index (χ4v) is 5.59. The SMILES string of the molecule is Cc1ccc(NC(=O)Cn2cc(S(=O)(=O)Cc3ccccc3Cl)c3ccccc32)cc1Cl. The van der Waals surface area contributed by atoms with Gasteiger partial charge >= 0.3 is 0 Å². The van der Waals surface area contributed by atoms with Crippen LogP contribution in [0.2, 0.25) is 10.0 Å². The van der Waals surface area contributed by atoms with Crippen molar-refractivity contribution in [2.75, 3.05) is 5.32 Å². The van der Waals surface area contributed by atoms with E-state index in [1.54, 1.807) is 65.2 Å². The molecule has 1 amide bonds. The van der Waals surface area contributed by atoms with Crippen LogP contribution < -0.4 is 5.32 Å². The smallest absolute Gasteiger partial charge is 0.244 e. The van der Waals surface area contributed by atoms with Crippen LogP contribution in [0.15, 0.2) is 77.8 Å². The molecule has 0 aliphatic carbocycles. The highest BCUT2D eigenvalue weighted by Gasteiger charge is 2.23. The van der Waals surface area contributed by atoms with Crippen molar-refractivity contribution >= 4 is 55.5 Å². The van der Waals surface area contributed by atoms with Gasteiger partial charge in [0, 0.05) is 32.8 Å². The molecule has 1 N–H and O–H groups in total. The number of sulfone groups is 1. The number of aromatic nitrogens is 1. The van der Waals surface area contributed by atoms with Crippen molar-refractivity contribution < 1.29 is 13.2 Å². The Bertz CT molecular complexity index is 1430. The van der Waals surface area contributed by atoms with Gasteiger partial charge in [-0.2, -0.15) is 0 Å². The number of hydrogen-bond acceptors (Lipinski definition) is 3. The first-order chi connectivity index (χ1) is 15.2. The highest BCUT2D eigenvalue weighted by atomic mass is 35.5. The largest absolute Gasteiger partial charge is 0.337 e. The van der Waals surface area contributed by atoms with Crippen LogP contribution in [-0.4, -0.2) is 18.9 Å². The van der Waals surface area contributed by atoms with E-state index in [1.807, 2.05) is 13.0 Å². The number of amides is 1. The maximum absolute atomic E-state index is 13.2. The molecule has 0 bridgehead atoms. The van der Waals surface area contributed by atoms with E-state index < -0.39 is 9.84 Å². The molecule has 0 unspecified atom stereocenters. The van der Waals surface area contributed by atoms with Gasteiger partial charge in [-0.15, -0.1) is 0 Å². The summed E-state index contributed by atoms with van der Waals surface area (Å²) in [6.45, 7) is 1.83. The zero-order valence-electron chi connectivity index (χ0n) is 17.2. The molecule has 0 saturated carbocycles. The Morgan fingerprint density at radius 2 is 1.69 bits per heavy atom. The van der Waals surface area contributed by atoms with E-state index in [0.29, 0.717) is 32.2 Å². The highest BCUT2D eigenvalue weighted by Crippen LogP contribution is 2.29. The van der Waals surface area contributed by atoms with Gasteiger partial charge in [-0.3, -0.25) is 4.79 Å². The van der Waals surface area contributed by atoms with E-state index in [9.17, 15) is 13.2 Å². The molecule has 0 fully saturated rings. The Morgan fingerprint density at radius 1 is 0.969 bits per heavy atom. The summed E-state index contributed by atoms with van der Waals surface area (Å²) in [7, 11) is -3.70. The normalized spacial score (nSPS) is 11.6. The van der Waals surface area contributed by atoms with Gasteiger partial charge in [-0.25, -0.2) is 8.42 Å². The Balaban J connectivity index is 1.64. The van der Waals surface area contributed by atoms with Crippen LogP contribution >= 0.6 is 23.2 Å². The van der Waals surface area contributed by atoms with E-state index in [2.05, 4.69) is 5.32 Å². The fraction of sp³-hybridized carbons (Fsp3) is 0.125. The van der Waals surface area contributed by atoms with Crippen molar-refractivity contribution in [3.8, 4) is 0 Å². The third kappa shape index (κ3) is 4.67. The Morgan fingerprint density at radius 3 is 2.44 bits per heavy atom. The van der Waals surface area contributed by atoms with E-state index in [-0.39, 0.29) is 23.1 Å². The molecule has 0 atom stereocenters. The first-order valence-electron chi connectivity index (χ1n) is 9.84. The van der Waals surface area contributed by atoms with Gasteiger partial charge in [0.2, 0.25) is 5.91 Å². The van der Waals surface area contributed by atoms with Crippen LogP contribution in [0.1, 0.15) is 11.1 Å². The van der Waals surface area contributed by atoms with Crippen LogP contribution in [0.25, 0.3) is 10.9 Å². The Hall–Kier alpha value is -2.80. The standard InChI is InChI=1S/C24H20Cl2N2O3S/c1-16-10-11-18(12-21(16)26)27-24(29)14-28-13-23(19-7-3-5-9-22(19)28)32(30,31)15-17-6-2-4-8-20(17)25/h2-13H,14-15H2,1H3,(H,27,29). The number of fused-ring (bicyclic) bond motifs is 1. The minimum absolute atomic E-state index is 0.0480. The molecule has 1 heterocycles. The number of nitrogens with one attached hydrogen (secondary N) is 1. The molecule has 0 aliphatic heterocycles. The Labute approximate surface area is 196 Å². The van der Waals surface area contributed by atoms with Crippen LogP contribution in [0.3, 0.4) is 0 Å². The molecule has 8 heteroatoms. The van der Waals surface area contributed by atoms with Gasteiger partial charge in [-0.1, -0.05) is 65.7 Å². The molecule has 0 spiro atoms. The van der Waals surface area contributed by atoms with E-state index in [1.165, 1.54) is 6.20 Å². The fourth-order valence-electron chi connectivity index (χ4n) is 3.52. The molecule has 0 saturated heterocycles. The van der Waals surface area contributed by atoms with Crippen LogP contribution in [0.4, 0.5) is 5.69 Å². The number of hydrogen-bond donors (Lipinski definition) is 1. The maximum atomic E-state index is 13.2. The van der Waals surface area contributed by atoms with Gasteiger partial charge in [0.15, 0.2) is 9.84 Å². The van der Waals surface area contributed by atoms with Crippen LogP contribution in [0, 0.1) is 6.92 Å². The van der Waals surface area contributed by atoms with Crippen molar-refractivity contribution in [2.45, 2.75) is 24.1 Å². The molecule has 5 nitrogen and oxygen atoms in total. The predicted octanol–water partition coefficient (Wildman–Crippen LogP) is 5.87. The molecular formula is C24H20Cl2N2O3S. The van der Waals surface area contributed by atoms with Crippen LogP contribution in [-0.2, 0) is 26.9 Å². The summed E-state index contributed by atoms with van der Waals surface area (Å²) in [5.74, 6) is -0.518. The molecule has 3 aromatic carbocycles. The summed E-state index contributed by atoms with van der Waals surface area (Å²) in [5, 5.41) is 4.32. The minimum atomic E-state index is -3.70. The lowest BCUT2D eigenvalue weighted by Gasteiger charge is -2.08. The van der Waals surface area contributed by atoms with E-state index >= 15 is 0 Å².